The van der Waals surface area contributed by atoms with Crippen LogP contribution in [0.2, 0.25) is 0 Å². The smallest absolute Gasteiger partial charge is 0.165 e. The van der Waals surface area contributed by atoms with Crippen LogP contribution in [0.25, 0.3) is 136 Å². The van der Waals surface area contributed by atoms with Gasteiger partial charge in [-0.3, -0.25) is 0 Å². The van der Waals surface area contributed by atoms with Crippen molar-refractivity contribution in [1.29, 1.82) is 0 Å². The molecule has 0 unspecified atom stereocenters. The Hall–Kier alpha value is -8.19. The van der Waals surface area contributed by atoms with Crippen molar-refractivity contribution in [1.82, 2.24) is 19.5 Å². The lowest BCUT2D eigenvalue weighted by Gasteiger charge is -2.13. The summed E-state index contributed by atoms with van der Waals surface area (Å²) >= 11 is 1.78. The first kappa shape index (κ1) is 34.5. The van der Waals surface area contributed by atoms with Crippen molar-refractivity contribution in [2.45, 2.75) is 0 Å². The summed E-state index contributed by atoms with van der Waals surface area (Å²) < 4.78 is 11.8. The number of hydrogen-bond acceptors (Lipinski definition) is 5. The number of fused-ring (bicyclic) bond motifs is 14. The Balaban J connectivity index is 1.00. The first-order chi connectivity index (χ1) is 31.2. The molecule has 63 heavy (non-hydrogen) atoms. The second-order valence-corrected chi connectivity index (χ2v) is 17.4. The highest BCUT2D eigenvalue weighted by molar-refractivity contribution is 7.26. The Morgan fingerprint density at radius 3 is 1.94 bits per heavy atom. The summed E-state index contributed by atoms with van der Waals surface area (Å²) in [6.07, 6.45) is 0. The predicted molar refractivity (Wildman–Crippen MR) is 263 cm³/mol. The second kappa shape index (κ2) is 13.2. The van der Waals surface area contributed by atoms with Crippen molar-refractivity contribution in [2.75, 3.05) is 0 Å². The molecule has 0 aliphatic rings. The fourth-order valence-electron chi connectivity index (χ4n) is 9.90. The minimum absolute atomic E-state index is 0.592. The Bertz CT molecular complexity index is 4220. The molecule has 14 rings (SSSR count). The molecule has 0 fully saturated rings. The van der Waals surface area contributed by atoms with Gasteiger partial charge in [-0.15, -0.1) is 11.3 Å². The first-order valence-corrected chi connectivity index (χ1v) is 22.0. The van der Waals surface area contributed by atoms with Crippen molar-refractivity contribution in [3.05, 3.63) is 194 Å². The van der Waals surface area contributed by atoms with E-state index in [0.717, 1.165) is 59.8 Å². The van der Waals surface area contributed by atoms with E-state index in [0.29, 0.717) is 17.5 Å². The van der Waals surface area contributed by atoms with Crippen molar-refractivity contribution in [2.24, 2.45) is 0 Å². The Kier molecular flexibility index (Phi) is 7.21. The van der Waals surface area contributed by atoms with Crippen LogP contribution in [-0.4, -0.2) is 19.5 Å². The molecule has 0 N–H and O–H groups in total. The van der Waals surface area contributed by atoms with Crippen LogP contribution in [0.5, 0.6) is 0 Å². The van der Waals surface area contributed by atoms with Gasteiger partial charge in [0.15, 0.2) is 17.5 Å². The van der Waals surface area contributed by atoms with E-state index < -0.39 is 0 Å². The minimum Gasteiger partial charge on any atom is -0.455 e. The van der Waals surface area contributed by atoms with E-state index in [1.165, 1.54) is 58.8 Å². The van der Waals surface area contributed by atoms with E-state index in [2.05, 4.69) is 180 Å². The van der Waals surface area contributed by atoms with Crippen molar-refractivity contribution >= 4 is 108 Å². The van der Waals surface area contributed by atoms with E-state index in [-0.39, 0.29) is 0 Å². The maximum Gasteiger partial charge on any atom is 0.165 e. The summed E-state index contributed by atoms with van der Waals surface area (Å²) in [5.74, 6) is 1.86. The molecule has 0 saturated carbocycles. The molecule has 5 nitrogen and oxygen atoms in total. The van der Waals surface area contributed by atoms with Crippen LogP contribution in [0.1, 0.15) is 0 Å². The molecule has 292 valence electrons. The summed E-state index contributed by atoms with van der Waals surface area (Å²) in [4.78, 5) is 15.5. The third-order valence-electron chi connectivity index (χ3n) is 12.8. The number of rotatable bonds is 4. The maximum absolute atomic E-state index is 6.93. The molecule has 0 spiro atoms. The Morgan fingerprint density at radius 1 is 0.397 bits per heavy atom. The van der Waals surface area contributed by atoms with Crippen LogP contribution < -0.4 is 0 Å². The van der Waals surface area contributed by atoms with Crippen LogP contribution >= 0.6 is 11.3 Å². The van der Waals surface area contributed by atoms with Gasteiger partial charge in [-0.05, 0) is 70.1 Å². The topological polar surface area (TPSA) is 56.7 Å². The molecule has 4 aromatic heterocycles. The van der Waals surface area contributed by atoms with Crippen LogP contribution in [0.3, 0.4) is 0 Å². The van der Waals surface area contributed by atoms with Gasteiger partial charge in [0.1, 0.15) is 11.2 Å². The van der Waals surface area contributed by atoms with Gasteiger partial charge in [0, 0.05) is 69.2 Å². The van der Waals surface area contributed by atoms with E-state index in [9.17, 15) is 0 Å². The number of furan rings is 1. The fraction of sp³-hybridized carbons (Fsp3) is 0. The zero-order chi connectivity index (χ0) is 41.2. The molecular weight excluding hydrogens is 789 g/mol. The van der Waals surface area contributed by atoms with Gasteiger partial charge in [0.2, 0.25) is 0 Å². The van der Waals surface area contributed by atoms with Gasteiger partial charge in [-0.2, -0.15) is 0 Å². The second-order valence-electron chi connectivity index (χ2n) is 16.3. The highest BCUT2D eigenvalue weighted by atomic mass is 32.1. The number of benzene rings is 10. The van der Waals surface area contributed by atoms with Gasteiger partial charge in [-0.1, -0.05) is 146 Å². The lowest BCUT2D eigenvalue weighted by molar-refractivity contribution is 0.672. The van der Waals surface area contributed by atoms with Crippen molar-refractivity contribution in [3.63, 3.8) is 0 Å². The summed E-state index contributed by atoms with van der Waals surface area (Å²) in [6, 6.07) is 69.1. The van der Waals surface area contributed by atoms with E-state index >= 15 is 0 Å². The molecule has 0 bridgehead atoms. The fourth-order valence-corrected chi connectivity index (χ4v) is 11.1. The molecule has 0 aliphatic heterocycles. The first-order valence-electron chi connectivity index (χ1n) is 21.2. The molecule has 0 aliphatic carbocycles. The van der Waals surface area contributed by atoms with Crippen LogP contribution in [-0.2, 0) is 0 Å². The maximum atomic E-state index is 6.93. The molecule has 0 radical (unpaired) electrons. The molecule has 0 amide bonds. The largest absolute Gasteiger partial charge is 0.455 e. The number of aromatic nitrogens is 4. The molecule has 10 aromatic carbocycles. The Morgan fingerprint density at radius 2 is 1.08 bits per heavy atom. The van der Waals surface area contributed by atoms with E-state index in [1.54, 1.807) is 11.3 Å². The quantitative estimate of drug-likeness (QED) is 0.177. The highest BCUT2D eigenvalue weighted by Crippen LogP contribution is 2.44. The molecular formula is C57H32N4OS. The number of nitrogens with zero attached hydrogens (tertiary/aromatic N) is 4. The summed E-state index contributed by atoms with van der Waals surface area (Å²) in [6.45, 7) is 0. The zero-order valence-corrected chi connectivity index (χ0v) is 34.4. The number of thiophene rings is 1. The van der Waals surface area contributed by atoms with Gasteiger partial charge >= 0.3 is 0 Å². The number of hydrogen-bond donors (Lipinski definition) is 0. The molecule has 0 atom stereocenters. The lowest BCUT2D eigenvalue weighted by atomic mass is 10.0. The third kappa shape index (κ3) is 5.13. The van der Waals surface area contributed by atoms with Crippen LogP contribution in [0, 0.1) is 0 Å². The highest BCUT2D eigenvalue weighted by Gasteiger charge is 2.22. The third-order valence-corrected chi connectivity index (χ3v) is 14.0. The van der Waals surface area contributed by atoms with E-state index in [4.69, 9.17) is 19.4 Å². The lowest BCUT2D eigenvalue weighted by Crippen LogP contribution is -2.00. The van der Waals surface area contributed by atoms with Crippen LogP contribution in [0.15, 0.2) is 199 Å². The normalized spacial score (nSPS) is 12.1. The average Bonchev–Trinajstić information content (AvgIpc) is 4.02. The summed E-state index contributed by atoms with van der Waals surface area (Å²) in [7, 11) is 0. The zero-order valence-electron chi connectivity index (χ0n) is 33.6. The van der Waals surface area contributed by atoms with Crippen molar-refractivity contribution < 1.29 is 4.42 Å². The van der Waals surface area contributed by atoms with Gasteiger partial charge in [0.05, 0.1) is 16.7 Å². The summed E-state index contributed by atoms with van der Waals surface area (Å²) in [5.41, 5.74) is 7.87. The van der Waals surface area contributed by atoms with Gasteiger partial charge < -0.3 is 8.98 Å². The molecule has 6 heteroatoms. The minimum atomic E-state index is 0.592. The van der Waals surface area contributed by atoms with Crippen molar-refractivity contribution in [3.8, 4) is 39.9 Å². The average molecular weight is 821 g/mol. The summed E-state index contributed by atoms with van der Waals surface area (Å²) in [5, 5.41) is 14.1. The predicted octanol–water partition coefficient (Wildman–Crippen LogP) is 15.7. The van der Waals surface area contributed by atoms with E-state index in [1.807, 2.05) is 18.2 Å². The van der Waals surface area contributed by atoms with Crippen LogP contribution in [0.4, 0.5) is 0 Å². The SMILES string of the molecule is c1ccc(-c2nc(-c3ccc4c(c3)oc3c5ccccc5c(-n5c6cc7ccccc7cc6c6c7ccccc7ccc65)cc43)nc(-c3cccc4c3sc3ccccc34)n2)cc1. The monoisotopic (exact) mass is 820 g/mol. The Labute approximate surface area is 363 Å². The standard InChI is InChI=1S/C57H32N4OS/c1-2-14-34(15-3-1)55-58-56(60-57(59-55)44-23-12-22-43-41-20-10-11-24-51(41)63-54(43)44)37-25-27-40-45-32-49(39-19-8-9-21-42(39)53(45)62-50(40)31-37)61-47-28-26-33-13-6-7-18-38(33)52(47)46-29-35-16-4-5-17-36(35)30-48(46)61/h1-32H. The molecule has 14 aromatic rings. The van der Waals surface area contributed by atoms with Gasteiger partial charge in [0.25, 0.3) is 0 Å². The molecule has 0 saturated heterocycles. The molecule has 4 heterocycles. The van der Waals surface area contributed by atoms with Gasteiger partial charge in [-0.25, -0.2) is 15.0 Å².